The molecule has 0 aliphatic heterocycles. The van der Waals surface area contributed by atoms with E-state index in [9.17, 15) is 0 Å². The van der Waals surface area contributed by atoms with Crippen molar-refractivity contribution in [3.05, 3.63) is 81.7 Å². The average Bonchev–Trinajstić information content (AvgIpc) is 3.14. The van der Waals surface area contributed by atoms with Gasteiger partial charge in [0.1, 0.15) is 5.75 Å². The number of rotatable bonds is 4. The lowest BCUT2D eigenvalue weighted by Gasteiger charge is -2.12. The van der Waals surface area contributed by atoms with Crippen LogP contribution in [0, 0.1) is 0 Å². The predicted molar refractivity (Wildman–Crippen MR) is 114 cm³/mol. The van der Waals surface area contributed by atoms with E-state index in [1.807, 2.05) is 72.8 Å². The van der Waals surface area contributed by atoms with E-state index in [0.29, 0.717) is 0 Å². The molecule has 6 heteroatoms. The van der Waals surface area contributed by atoms with Gasteiger partial charge in [-0.15, -0.1) is 10.2 Å². The lowest BCUT2D eigenvalue weighted by Crippen LogP contribution is -2.00. The number of aromatic nitrogens is 3. The van der Waals surface area contributed by atoms with Crippen LogP contribution in [0.15, 0.2) is 81.7 Å². The van der Waals surface area contributed by atoms with Crippen LogP contribution >= 0.6 is 31.9 Å². The Morgan fingerprint density at radius 3 is 1.52 bits per heavy atom. The third-order valence-corrected chi connectivity index (χ3v) is 5.26. The summed E-state index contributed by atoms with van der Waals surface area (Å²) in [6, 6.07) is 24.0. The largest absolute Gasteiger partial charge is 0.497 e. The van der Waals surface area contributed by atoms with Crippen LogP contribution in [-0.2, 0) is 0 Å². The van der Waals surface area contributed by atoms with Gasteiger partial charge in [-0.05, 0) is 48.5 Å². The summed E-state index contributed by atoms with van der Waals surface area (Å²) >= 11 is 6.97. The molecule has 0 saturated heterocycles. The van der Waals surface area contributed by atoms with Crippen LogP contribution in [0.5, 0.6) is 5.75 Å². The quantitative estimate of drug-likeness (QED) is 0.349. The van der Waals surface area contributed by atoms with Crippen molar-refractivity contribution >= 4 is 31.9 Å². The Morgan fingerprint density at radius 2 is 1.11 bits per heavy atom. The molecule has 4 rings (SSSR count). The van der Waals surface area contributed by atoms with Crippen molar-refractivity contribution in [1.82, 2.24) is 14.8 Å². The lowest BCUT2D eigenvalue weighted by atomic mass is 10.1. The predicted octanol–water partition coefficient (Wildman–Crippen LogP) is 6.13. The Bertz CT molecular complexity index is 993. The summed E-state index contributed by atoms with van der Waals surface area (Å²) < 4.78 is 9.40. The van der Waals surface area contributed by atoms with Gasteiger partial charge in [-0.3, -0.25) is 4.57 Å². The van der Waals surface area contributed by atoms with E-state index < -0.39 is 0 Å². The van der Waals surface area contributed by atoms with Gasteiger partial charge in [0.05, 0.1) is 7.11 Å². The molecule has 4 aromatic rings. The summed E-state index contributed by atoms with van der Waals surface area (Å²) in [7, 11) is 1.66. The minimum Gasteiger partial charge on any atom is -0.497 e. The molecule has 0 fully saturated rings. The smallest absolute Gasteiger partial charge is 0.168 e. The summed E-state index contributed by atoms with van der Waals surface area (Å²) in [5.74, 6) is 2.37. The second-order valence-corrected chi connectivity index (χ2v) is 7.73. The van der Waals surface area contributed by atoms with Crippen molar-refractivity contribution in [3.63, 3.8) is 0 Å². The van der Waals surface area contributed by atoms with Crippen LogP contribution in [0.3, 0.4) is 0 Å². The lowest BCUT2D eigenvalue weighted by molar-refractivity contribution is 0.415. The van der Waals surface area contributed by atoms with Gasteiger partial charge in [0.25, 0.3) is 0 Å². The maximum atomic E-state index is 5.29. The highest BCUT2D eigenvalue weighted by Crippen LogP contribution is 2.30. The molecule has 0 aliphatic carbocycles. The number of ether oxygens (including phenoxy) is 1. The Balaban J connectivity index is 1.91. The third kappa shape index (κ3) is 3.68. The molecular formula is C21H15Br2N3O. The second-order valence-electron chi connectivity index (χ2n) is 5.89. The van der Waals surface area contributed by atoms with Gasteiger partial charge in [0.2, 0.25) is 0 Å². The zero-order valence-corrected chi connectivity index (χ0v) is 17.6. The Hall–Kier alpha value is -2.44. The van der Waals surface area contributed by atoms with Crippen molar-refractivity contribution < 1.29 is 4.74 Å². The molecule has 0 radical (unpaired) electrons. The van der Waals surface area contributed by atoms with Gasteiger partial charge in [-0.1, -0.05) is 56.1 Å². The summed E-state index contributed by atoms with van der Waals surface area (Å²) in [4.78, 5) is 0. The van der Waals surface area contributed by atoms with Gasteiger partial charge in [-0.2, -0.15) is 0 Å². The third-order valence-electron chi connectivity index (χ3n) is 4.20. The van der Waals surface area contributed by atoms with Crippen molar-refractivity contribution in [3.8, 4) is 34.2 Å². The molecule has 0 unspecified atom stereocenters. The number of hydrogen-bond acceptors (Lipinski definition) is 3. The first kappa shape index (κ1) is 17.9. The summed E-state index contributed by atoms with van der Waals surface area (Å²) in [6.07, 6.45) is 0. The fourth-order valence-electron chi connectivity index (χ4n) is 2.83. The molecule has 0 aliphatic rings. The molecule has 0 spiro atoms. The highest BCUT2D eigenvalue weighted by molar-refractivity contribution is 9.10. The normalized spacial score (nSPS) is 10.8. The Morgan fingerprint density at radius 1 is 0.667 bits per heavy atom. The first-order valence-electron chi connectivity index (χ1n) is 8.27. The molecule has 4 nitrogen and oxygen atoms in total. The number of halogens is 2. The summed E-state index contributed by atoms with van der Waals surface area (Å²) in [5, 5.41) is 8.98. The molecule has 0 atom stereocenters. The highest BCUT2D eigenvalue weighted by Gasteiger charge is 2.17. The van der Waals surface area contributed by atoms with E-state index in [4.69, 9.17) is 4.74 Å². The minimum absolute atomic E-state index is 0.783. The number of methoxy groups -OCH3 is 1. The van der Waals surface area contributed by atoms with Gasteiger partial charge in [0.15, 0.2) is 11.6 Å². The van der Waals surface area contributed by atoms with Crippen molar-refractivity contribution in [1.29, 1.82) is 0 Å². The highest BCUT2D eigenvalue weighted by atomic mass is 79.9. The van der Waals surface area contributed by atoms with Gasteiger partial charge >= 0.3 is 0 Å². The minimum atomic E-state index is 0.783. The van der Waals surface area contributed by atoms with Crippen LogP contribution in [0.2, 0.25) is 0 Å². The Kier molecular flexibility index (Phi) is 5.09. The summed E-state index contributed by atoms with van der Waals surface area (Å²) in [6.45, 7) is 0. The molecule has 27 heavy (non-hydrogen) atoms. The molecule has 134 valence electrons. The standard InChI is InChI=1S/C21H15Br2N3O/c1-27-19-12-10-18(11-13-19)26-20(14-2-6-16(22)7-3-14)24-25-21(26)15-4-8-17(23)9-5-15/h2-13H,1H3. The van der Waals surface area contributed by atoms with E-state index in [0.717, 1.165) is 43.2 Å². The molecule has 0 bridgehead atoms. The van der Waals surface area contributed by atoms with Gasteiger partial charge < -0.3 is 4.74 Å². The van der Waals surface area contributed by atoms with Crippen LogP contribution in [0.1, 0.15) is 0 Å². The fourth-order valence-corrected chi connectivity index (χ4v) is 3.36. The van der Waals surface area contributed by atoms with Crippen molar-refractivity contribution in [2.45, 2.75) is 0 Å². The molecule has 3 aromatic carbocycles. The molecule has 1 heterocycles. The van der Waals surface area contributed by atoms with Crippen LogP contribution in [0.25, 0.3) is 28.5 Å². The molecule has 0 amide bonds. The first-order chi connectivity index (χ1) is 13.2. The van der Waals surface area contributed by atoms with Crippen molar-refractivity contribution in [2.75, 3.05) is 7.11 Å². The van der Waals surface area contributed by atoms with Gasteiger partial charge in [0, 0.05) is 25.8 Å². The maximum Gasteiger partial charge on any atom is 0.168 e. The fraction of sp³-hybridized carbons (Fsp3) is 0.0476. The van der Waals surface area contributed by atoms with Crippen LogP contribution < -0.4 is 4.74 Å². The monoisotopic (exact) mass is 483 g/mol. The molecule has 0 N–H and O–H groups in total. The number of hydrogen-bond donors (Lipinski definition) is 0. The molecule has 0 saturated carbocycles. The second kappa shape index (κ2) is 7.66. The zero-order valence-electron chi connectivity index (χ0n) is 14.4. The SMILES string of the molecule is COc1ccc(-n2c(-c3ccc(Br)cc3)nnc2-c2ccc(Br)cc2)cc1. The zero-order chi connectivity index (χ0) is 18.8. The summed E-state index contributed by atoms with van der Waals surface area (Å²) in [5.41, 5.74) is 2.95. The van der Waals surface area contributed by atoms with E-state index >= 15 is 0 Å². The molecular weight excluding hydrogens is 470 g/mol. The van der Waals surface area contributed by atoms with E-state index in [1.54, 1.807) is 7.11 Å². The van der Waals surface area contributed by atoms with E-state index in [-0.39, 0.29) is 0 Å². The topological polar surface area (TPSA) is 39.9 Å². The van der Waals surface area contributed by atoms with E-state index in [2.05, 4.69) is 46.6 Å². The first-order valence-corrected chi connectivity index (χ1v) is 9.86. The molecule has 1 aromatic heterocycles. The Labute approximate surface area is 174 Å². The van der Waals surface area contributed by atoms with Crippen LogP contribution in [-0.4, -0.2) is 21.9 Å². The number of benzene rings is 3. The van der Waals surface area contributed by atoms with E-state index in [1.165, 1.54) is 0 Å². The average molecular weight is 485 g/mol. The van der Waals surface area contributed by atoms with Crippen molar-refractivity contribution in [2.24, 2.45) is 0 Å². The van der Waals surface area contributed by atoms with Crippen LogP contribution in [0.4, 0.5) is 0 Å². The van der Waals surface area contributed by atoms with Gasteiger partial charge in [-0.25, -0.2) is 0 Å². The maximum absolute atomic E-state index is 5.29. The number of nitrogens with zero attached hydrogens (tertiary/aromatic N) is 3.